The molecule has 0 spiro atoms. The lowest BCUT2D eigenvalue weighted by molar-refractivity contribution is 0.470. The summed E-state index contributed by atoms with van der Waals surface area (Å²) in [5, 5.41) is 0. The minimum Gasteiger partial charge on any atom is -0.261 e. The van der Waals surface area contributed by atoms with E-state index in [-0.39, 0.29) is 4.90 Å². The minimum absolute atomic E-state index is 0.281. The highest BCUT2D eigenvalue weighted by Gasteiger charge is 2.22. The highest BCUT2D eigenvalue weighted by atomic mass is 79.9. The van der Waals surface area contributed by atoms with E-state index in [0.717, 1.165) is 5.69 Å². The van der Waals surface area contributed by atoms with E-state index in [4.69, 9.17) is 0 Å². The van der Waals surface area contributed by atoms with Crippen LogP contribution in [-0.2, 0) is 16.4 Å². The molecule has 4 nitrogen and oxygen atoms in total. The molecule has 0 bridgehead atoms. The second-order valence-electron chi connectivity index (χ2n) is 4.33. The van der Waals surface area contributed by atoms with Crippen LogP contribution >= 0.6 is 15.9 Å². The molecule has 0 N–H and O–H groups in total. The van der Waals surface area contributed by atoms with Crippen LogP contribution in [0.2, 0.25) is 0 Å². The topological polar surface area (TPSA) is 50.3 Å². The van der Waals surface area contributed by atoms with Crippen molar-refractivity contribution in [3.8, 4) is 0 Å². The normalized spacial score (nSPS) is 11.8. The number of sulfonamides is 1. The monoisotopic (exact) mass is 354 g/mol. The van der Waals surface area contributed by atoms with Crippen molar-refractivity contribution in [3.05, 3.63) is 58.8 Å². The van der Waals surface area contributed by atoms with Gasteiger partial charge in [0.15, 0.2) is 0 Å². The summed E-state index contributed by atoms with van der Waals surface area (Å²) in [6.45, 7) is 0.390. The summed E-state index contributed by atoms with van der Waals surface area (Å²) in [5.41, 5.74) is 0.877. The van der Waals surface area contributed by atoms with Gasteiger partial charge in [0.25, 0.3) is 0 Å². The van der Waals surface area contributed by atoms with Crippen molar-refractivity contribution in [2.45, 2.75) is 11.3 Å². The largest absolute Gasteiger partial charge is 0.261 e. The van der Waals surface area contributed by atoms with Crippen LogP contribution in [-0.4, -0.2) is 31.3 Å². The molecule has 0 unspecified atom stereocenters. The third kappa shape index (κ3) is 3.45. The van der Waals surface area contributed by atoms with E-state index in [9.17, 15) is 8.42 Å². The molecule has 0 radical (unpaired) electrons. The Bertz CT molecular complexity index is 675. The molecule has 0 aliphatic rings. The van der Waals surface area contributed by atoms with E-state index in [0.29, 0.717) is 17.4 Å². The average Bonchev–Trinajstić information content (AvgIpc) is 2.46. The Hall–Kier alpha value is -1.24. The lowest BCUT2D eigenvalue weighted by Crippen LogP contribution is -2.29. The van der Waals surface area contributed by atoms with Crippen molar-refractivity contribution >= 4 is 26.0 Å². The van der Waals surface area contributed by atoms with E-state index in [1.807, 2.05) is 18.2 Å². The van der Waals surface area contributed by atoms with Crippen LogP contribution in [0.4, 0.5) is 0 Å². The number of hydrogen-bond acceptors (Lipinski definition) is 3. The lowest BCUT2D eigenvalue weighted by atomic mass is 10.3. The van der Waals surface area contributed by atoms with Gasteiger partial charge in [0.05, 0.1) is 4.90 Å². The second-order valence-corrected chi connectivity index (χ2v) is 7.20. The Labute approximate surface area is 127 Å². The van der Waals surface area contributed by atoms with Gasteiger partial charge in [-0.05, 0) is 40.2 Å². The van der Waals surface area contributed by atoms with Crippen molar-refractivity contribution in [2.75, 3.05) is 13.6 Å². The van der Waals surface area contributed by atoms with E-state index >= 15 is 0 Å². The smallest absolute Gasteiger partial charge is 0.243 e. The van der Waals surface area contributed by atoms with Gasteiger partial charge in [-0.3, -0.25) is 4.98 Å². The first-order chi connectivity index (χ1) is 9.51. The van der Waals surface area contributed by atoms with Gasteiger partial charge < -0.3 is 0 Å². The van der Waals surface area contributed by atoms with Crippen LogP contribution in [0.1, 0.15) is 5.69 Å². The predicted octanol–water partition coefficient (Wildman–Crippen LogP) is 2.71. The summed E-state index contributed by atoms with van der Waals surface area (Å²) in [5.74, 6) is 0. The van der Waals surface area contributed by atoms with Gasteiger partial charge in [0, 0.05) is 36.4 Å². The molecule has 2 rings (SSSR count). The van der Waals surface area contributed by atoms with Crippen LogP contribution in [0.15, 0.2) is 58.0 Å². The molecule has 0 amide bonds. The van der Waals surface area contributed by atoms with E-state index in [2.05, 4.69) is 20.9 Å². The van der Waals surface area contributed by atoms with Crippen molar-refractivity contribution in [3.63, 3.8) is 0 Å². The summed E-state index contributed by atoms with van der Waals surface area (Å²) >= 11 is 3.28. The number of likely N-dealkylation sites (N-methyl/N-ethyl adjacent to an activating group) is 1. The quantitative estimate of drug-likeness (QED) is 0.829. The molecule has 0 atom stereocenters. The molecule has 2 aromatic rings. The van der Waals surface area contributed by atoms with Gasteiger partial charge in [-0.1, -0.05) is 18.2 Å². The predicted molar refractivity (Wildman–Crippen MR) is 81.9 cm³/mol. The van der Waals surface area contributed by atoms with Gasteiger partial charge >= 0.3 is 0 Å². The Balaban J connectivity index is 2.12. The first-order valence-electron chi connectivity index (χ1n) is 6.12. The zero-order valence-corrected chi connectivity index (χ0v) is 13.4. The number of aromatic nitrogens is 1. The molecule has 0 aliphatic heterocycles. The van der Waals surface area contributed by atoms with Gasteiger partial charge in [-0.2, -0.15) is 0 Å². The summed E-state index contributed by atoms with van der Waals surface area (Å²) in [4.78, 5) is 4.47. The highest BCUT2D eigenvalue weighted by molar-refractivity contribution is 9.10. The molecule has 1 aromatic carbocycles. The third-order valence-electron chi connectivity index (χ3n) is 2.93. The maximum atomic E-state index is 12.4. The van der Waals surface area contributed by atoms with Crippen molar-refractivity contribution in [2.24, 2.45) is 0 Å². The highest BCUT2D eigenvalue weighted by Crippen LogP contribution is 2.23. The van der Waals surface area contributed by atoms with Gasteiger partial charge in [0.2, 0.25) is 10.0 Å². The molecule has 0 saturated carbocycles. The standard InChI is InChI=1S/C14H15BrN2O2S/c1-17(11-9-12-6-4-5-10-16-12)20(18,19)14-8-3-2-7-13(14)15/h2-8,10H,9,11H2,1H3. The molecule has 6 heteroatoms. The van der Waals surface area contributed by atoms with Crippen LogP contribution in [0, 0.1) is 0 Å². The number of rotatable bonds is 5. The fourth-order valence-corrected chi connectivity index (χ4v) is 3.89. The fraction of sp³-hybridized carbons (Fsp3) is 0.214. The van der Waals surface area contributed by atoms with Crippen molar-refractivity contribution in [1.82, 2.24) is 9.29 Å². The number of hydrogen-bond donors (Lipinski definition) is 0. The maximum Gasteiger partial charge on any atom is 0.243 e. The maximum absolute atomic E-state index is 12.4. The van der Waals surface area contributed by atoms with E-state index < -0.39 is 10.0 Å². The van der Waals surface area contributed by atoms with Crippen LogP contribution < -0.4 is 0 Å². The van der Waals surface area contributed by atoms with Crippen molar-refractivity contribution < 1.29 is 8.42 Å². The fourth-order valence-electron chi connectivity index (χ4n) is 1.76. The van der Waals surface area contributed by atoms with Gasteiger partial charge in [-0.15, -0.1) is 0 Å². The van der Waals surface area contributed by atoms with E-state index in [1.54, 1.807) is 37.5 Å². The SMILES string of the molecule is CN(CCc1ccccn1)S(=O)(=O)c1ccccc1Br. The summed E-state index contributed by atoms with van der Waals surface area (Å²) < 4.78 is 26.8. The van der Waals surface area contributed by atoms with E-state index in [1.165, 1.54) is 4.31 Å². The first-order valence-corrected chi connectivity index (χ1v) is 8.36. The van der Waals surface area contributed by atoms with Crippen LogP contribution in [0.5, 0.6) is 0 Å². The summed E-state index contributed by atoms with van der Waals surface area (Å²) in [7, 11) is -1.90. The number of nitrogens with zero attached hydrogens (tertiary/aromatic N) is 2. The van der Waals surface area contributed by atoms with Crippen molar-refractivity contribution in [1.29, 1.82) is 0 Å². The first kappa shape index (κ1) is 15.2. The Morgan fingerprint density at radius 3 is 2.50 bits per heavy atom. The Morgan fingerprint density at radius 1 is 1.15 bits per heavy atom. The molecule has 0 aliphatic carbocycles. The molecular weight excluding hydrogens is 340 g/mol. The Kier molecular flexibility index (Phi) is 4.91. The molecule has 20 heavy (non-hydrogen) atoms. The van der Waals surface area contributed by atoms with Gasteiger partial charge in [-0.25, -0.2) is 12.7 Å². The zero-order chi connectivity index (χ0) is 14.6. The minimum atomic E-state index is -3.48. The average molecular weight is 355 g/mol. The molecule has 0 fully saturated rings. The molecule has 106 valence electrons. The number of halogens is 1. The zero-order valence-electron chi connectivity index (χ0n) is 11.0. The number of pyridine rings is 1. The molecular formula is C14H15BrN2O2S. The third-order valence-corrected chi connectivity index (χ3v) is 5.80. The second kappa shape index (κ2) is 6.47. The summed E-state index contributed by atoms with van der Waals surface area (Å²) in [6, 6.07) is 12.4. The molecule has 1 heterocycles. The van der Waals surface area contributed by atoms with Crippen LogP contribution in [0.25, 0.3) is 0 Å². The van der Waals surface area contributed by atoms with Gasteiger partial charge in [0.1, 0.15) is 0 Å². The summed E-state index contributed by atoms with van der Waals surface area (Å²) in [6.07, 6.45) is 2.29. The lowest BCUT2D eigenvalue weighted by Gasteiger charge is -2.17. The molecule has 0 saturated heterocycles. The Morgan fingerprint density at radius 2 is 1.85 bits per heavy atom. The number of benzene rings is 1. The van der Waals surface area contributed by atoms with Crippen LogP contribution in [0.3, 0.4) is 0 Å². The molecule has 1 aromatic heterocycles.